The Bertz CT molecular complexity index is 451. The van der Waals surface area contributed by atoms with Gasteiger partial charge in [0.15, 0.2) is 0 Å². The fourth-order valence-electron chi connectivity index (χ4n) is 1.65. The average Bonchev–Trinajstić information content (AvgIpc) is 2.80. The molecule has 0 unspecified atom stereocenters. The summed E-state index contributed by atoms with van der Waals surface area (Å²) >= 11 is 7.76. The lowest BCUT2D eigenvalue weighted by molar-refractivity contribution is 0.728. The molecule has 1 N–H and O–H groups in total. The van der Waals surface area contributed by atoms with Crippen LogP contribution in [0.3, 0.4) is 0 Å². The van der Waals surface area contributed by atoms with Crippen LogP contribution >= 0.6 is 22.9 Å². The molecule has 0 spiro atoms. The van der Waals surface area contributed by atoms with Crippen molar-refractivity contribution in [2.75, 3.05) is 6.54 Å². The van der Waals surface area contributed by atoms with Crippen LogP contribution in [0.5, 0.6) is 0 Å². The molecule has 2 rings (SSSR count). The van der Waals surface area contributed by atoms with Gasteiger partial charge in [0.25, 0.3) is 0 Å². The van der Waals surface area contributed by atoms with Gasteiger partial charge in [0, 0.05) is 11.6 Å². The standard InChI is InChI=1S/C13H14ClNS/c1-2-15-8-10-3-4-12(14)7-13(10)11-5-6-16-9-11/h3-7,9,15H,2,8H2,1H3. The van der Waals surface area contributed by atoms with E-state index in [2.05, 4.69) is 35.1 Å². The van der Waals surface area contributed by atoms with E-state index in [9.17, 15) is 0 Å². The quantitative estimate of drug-likeness (QED) is 0.860. The van der Waals surface area contributed by atoms with Crippen molar-refractivity contribution in [1.29, 1.82) is 0 Å². The van der Waals surface area contributed by atoms with E-state index in [1.54, 1.807) is 11.3 Å². The van der Waals surface area contributed by atoms with Crippen molar-refractivity contribution < 1.29 is 0 Å². The third-order valence-corrected chi connectivity index (χ3v) is 3.39. The largest absolute Gasteiger partial charge is 0.313 e. The summed E-state index contributed by atoms with van der Waals surface area (Å²) in [5, 5.41) is 8.38. The van der Waals surface area contributed by atoms with E-state index in [1.807, 2.05) is 12.1 Å². The molecule has 0 amide bonds. The first kappa shape index (κ1) is 11.6. The Hall–Kier alpha value is -0.830. The maximum atomic E-state index is 6.05. The Morgan fingerprint density at radius 1 is 1.31 bits per heavy atom. The predicted octanol–water partition coefficient (Wildman–Crippen LogP) is 4.18. The monoisotopic (exact) mass is 251 g/mol. The molecule has 0 radical (unpaired) electrons. The zero-order chi connectivity index (χ0) is 11.4. The minimum absolute atomic E-state index is 0.793. The molecule has 84 valence electrons. The minimum Gasteiger partial charge on any atom is -0.313 e. The number of hydrogen-bond donors (Lipinski definition) is 1. The number of halogens is 1. The van der Waals surface area contributed by atoms with Gasteiger partial charge in [-0.25, -0.2) is 0 Å². The lowest BCUT2D eigenvalue weighted by Crippen LogP contribution is -2.12. The molecule has 0 atom stereocenters. The zero-order valence-corrected chi connectivity index (χ0v) is 10.7. The molecule has 0 aliphatic heterocycles. The molecule has 3 heteroatoms. The van der Waals surface area contributed by atoms with Crippen molar-refractivity contribution in [3.05, 3.63) is 45.6 Å². The fraction of sp³-hybridized carbons (Fsp3) is 0.231. The number of hydrogen-bond acceptors (Lipinski definition) is 2. The van der Waals surface area contributed by atoms with Crippen molar-refractivity contribution in [1.82, 2.24) is 5.32 Å². The summed E-state index contributed by atoms with van der Waals surface area (Å²) in [6, 6.07) is 8.21. The highest BCUT2D eigenvalue weighted by Crippen LogP contribution is 2.28. The van der Waals surface area contributed by atoms with E-state index in [1.165, 1.54) is 16.7 Å². The second-order valence-corrected chi connectivity index (χ2v) is 4.81. The Morgan fingerprint density at radius 2 is 2.19 bits per heavy atom. The Balaban J connectivity index is 2.37. The number of nitrogens with one attached hydrogen (secondary N) is 1. The molecule has 0 bridgehead atoms. The molecule has 1 nitrogen and oxygen atoms in total. The molecule has 2 aromatic rings. The van der Waals surface area contributed by atoms with Crippen molar-refractivity contribution in [2.24, 2.45) is 0 Å². The summed E-state index contributed by atoms with van der Waals surface area (Å²) in [7, 11) is 0. The van der Waals surface area contributed by atoms with E-state index >= 15 is 0 Å². The van der Waals surface area contributed by atoms with Crippen molar-refractivity contribution in [3.63, 3.8) is 0 Å². The number of rotatable bonds is 4. The van der Waals surface area contributed by atoms with Gasteiger partial charge in [-0.3, -0.25) is 0 Å². The molecule has 1 aromatic carbocycles. The van der Waals surface area contributed by atoms with E-state index < -0.39 is 0 Å². The predicted molar refractivity (Wildman–Crippen MR) is 72.1 cm³/mol. The van der Waals surface area contributed by atoms with E-state index in [4.69, 9.17) is 11.6 Å². The van der Waals surface area contributed by atoms with Gasteiger partial charge in [0.1, 0.15) is 0 Å². The smallest absolute Gasteiger partial charge is 0.0412 e. The summed E-state index contributed by atoms with van der Waals surface area (Å²) in [6.07, 6.45) is 0. The Kier molecular flexibility index (Phi) is 3.99. The molecule has 0 aliphatic carbocycles. The van der Waals surface area contributed by atoms with Crippen LogP contribution in [0.25, 0.3) is 11.1 Å². The van der Waals surface area contributed by atoms with Crippen LogP contribution in [0.4, 0.5) is 0 Å². The summed E-state index contributed by atoms with van der Waals surface area (Å²) in [6.45, 7) is 3.98. The van der Waals surface area contributed by atoms with Crippen LogP contribution in [0.15, 0.2) is 35.0 Å². The molecule has 1 heterocycles. The van der Waals surface area contributed by atoms with Crippen LogP contribution in [-0.2, 0) is 6.54 Å². The average molecular weight is 252 g/mol. The molecular formula is C13H14ClNS. The van der Waals surface area contributed by atoms with Crippen molar-refractivity contribution in [3.8, 4) is 11.1 Å². The molecule has 0 saturated heterocycles. The van der Waals surface area contributed by atoms with Gasteiger partial charge in [-0.05, 0) is 52.2 Å². The van der Waals surface area contributed by atoms with Gasteiger partial charge in [0.2, 0.25) is 0 Å². The van der Waals surface area contributed by atoms with Gasteiger partial charge in [-0.1, -0.05) is 24.6 Å². The third-order valence-electron chi connectivity index (χ3n) is 2.47. The molecule has 0 saturated carbocycles. The van der Waals surface area contributed by atoms with Crippen LogP contribution in [0.1, 0.15) is 12.5 Å². The van der Waals surface area contributed by atoms with Crippen LogP contribution in [0.2, 0.25) is 5.02 Å². The summed E-state index contributed by atoms with van der Waals surface area (Å²) in [4.78, 5) is 0. The highest BCUT2D eigenvalue weighted by atomic mass is 35.5. The van der Waals surface area contributed by atoms with Gasteiger partial charge in [-0.2, -0.15) is 11.3 Å². The second kappa shape index (κ2) is 5.48. The van der Waals surface area contributed by atoms with Crippen molar-refractivity contribution >= 4 is 22.9 Å². The SMILES string of the molecule is CCNCc1ccc(Cl)cc1-c1ccsc1. The maximum Gasteiger partial charge on any atom is 0.0412 e. The first-order chi connectivity index (χ1) is 7.81. The first-order valence-electron chi connectivity index (χ1n) is 5.33. The van der Waals surface area contributed by atoms with Crippen molar-refractivity contribution in [2.45, 2.75) is 13.5 Å². The highest BCUT2D eigenvalue weighted by molar-refractivity contribution is 7.08. The lowest BCUT2D eigenvalue weighted by Gasteiger charge is -2.09. The highest BCUT2D eigenvalue weighted by Gasteiger charge is 2.05. The topological polar surface area (TPSA) is 12.0 Å². The first-order valence-corrected chi connectivity index (χ1v) is 6.65. The minimum atomic E-state index is 0.793. The van der Waals surface area contributed by atoms with Gasteiger partial charge >= 0.3 is 0 Å². The summed E-state index contributed by atoms with van der Waals surface area (Å²) in [5.74, 6) is 0. The van der Waals surface area contributed by atoms with E-state index in [-0.39, 0.29) is 0 Å². The molecule has 1 aromatic heterocycles. The molecular weight excluding hydrogens is 238 g/mol. The van der Waals surface area contributed by atoms with E-state index in [0.29, 0.717) is 0 Å². The molecule has 0 fully saturated rings. The summed E-state index contributed by atoms with van der Waals surface area (Å²) < 4.78 is 0. The number of benzene rings is 1. The van der Waals surface area contributed by atoms with Gasteiger partial charge < -0.3 is 5.32 Å². The zero-order valence-electron chi connectivity index (χ0n) is 9.16. The van der Waals surface area contributed by atoms with E-state index in [0.717, 1.165) is 18.1 Å². The fourth-order valence-corrected chi connectivity index (χ4v) is 2.48. The van der Waals surface area contributed by atoms with Gasteiger partial charge in [0.05, 0.1) is 0 Å². The Morgan fingerprint density at radius 3 is 2.88 bits per heavy atom. The van der Waals surface area contributed by atoms with Crippen LogP contribution in [0, 0.1) is 0 Å². The second-order valence-electron chi connectivity index (χ2n) is 3.59. The maximum absolute atomic E-state index is 6.05. The molecule has 16 heavy (non-hydrogen) atoms. The third kappa shape index (κ3) is 2.64. The number of thiophene rings is 1. The van der Waals surface area contributed by atoms with Crippen LogP contribution in [-0.4, -0.2) is 6.54 Å². The lowest BCUT2D eigenvalue weighted by atomic mass is 10.0. The summed E-state index contributed by atoms with van der Waals surface area (Å²) in [5.41, 5.74) is 3.78. The van der Waals surface area contributed by atoms with Gasteiger partial charge in [-0.15, -0.1) is 0 Å². The molecule has 0 aliphatic rings. The Labute approximate surface area is 105 Å². The van der Waals surface area contributed by atoms with Crippen LogP contribution < -0.4 is 5.32 Å². The normalized spacial score (nSPS) is 10.6.